The van der Waals surface area contributed by atoms with Crippen LogP contribution in [0.4, 0.5) is 10.5 Å². The molecule has 18 heavy (non-hydrogen) atoms. The van der Waals surface area contributed by atoms with E-state index in [0.717, 1.165) is 0 Å². The summed E-state index contributed by atoms with van der Waals surface area (Å²) in [4.78, 5) is 15.9. The SMILES string of the molecule is O=C(Nc1cccnc1)n1nnc2ccccc21. The van der Waals surface area contributed by atoms with Crippen molar-refractivity contribution in [1.29, 1.82) is 0 Å². The first-order valence-corrected chi connectivity index (χ1v) is 5.36. The fourth-order valence-corrected chi connectivity index (χ4v) is 1.63. The summed E-state index contributed by atoms with van der Waals surface area (Å²) in [6.45, 7) is 0. The molecule has 3 rings (SSSR count). The lowest BCUT2D eigenvalue weighted by molar-refractivity contribution is 0.251. The van der Waals surface area contributed by atoms with E-state index >= 15 is 0 Å². The summed E-state index contributed by atoms with van der Waals surface area (Å²) in [7, 11) is 0. The molecule has 0 bridgehead atoms. The van der Waals surface area contributed by atoms with Gasteiger partial charge in [-0.25, -0.2) is 4.79 Å². The fourth-order valence-electron chi connectivity index (χ4n) is 1.63. The smallest absolute Gasteiger partial charge is 0.304 e. The van der Waals surface area contributed by atoms with Gasteiger partial charge in [0.25, 0.3) is 0 Å². The van der Waals surface area contributed by atoms with E-state index in [2.05, 4.69) is 20.6 Å². The molecule has 0 radical (unpaired) electrons. The first-order valence-electron chi connectivity index (χ1n) is 5.36. The molecular weight excluding hydrogens is 230 g/mol. The Hall–Kier alpha value is -2.76. The Morgan fingerprint density at radius 2 is 2.06 bits per heavy atom. The largest absolute Gasteiger partial charge is 0.348 e. The molecule has 0 fully saturated rings. The lowest BCUT2D eigenvalue weighted by Crippen LogP contribution is -2.20. The van der Waals surface area contributed by atoms with Crippen LogP contribution in [0.1, 0.15) is 0 Å². The van der Waals surface area contributed by atoms with Crippen LogP contribution in [-0.4, -0.2) is 26.0 Å². The zero-order valence-electron chi connectivity index (χ0n) is 9.32. The van der Waals surface area contributed by atoms with Gasteiger partial charge in [0, 0.05) is 6.20 Å². The van der Waals surface area contributed by atoms with Crippen LogP contribution >= 0.6 is 0 Å². The minimum atomic E-state index is -0.364. The maximum absolute atomic E-state index is 12.0. The van der Waals surface area contributed by atoms with Crippen LogP contribution < -0.4 is 5.32 Å². The van der Waals surface area contributed by atoms with Gasteiger partial charge in [0.2, 0.25) is 0 Å². The molecule has 1 N–H and O–H groups in total. The molecule has 0 spiro atoms. The van der Waals surface area contributed by atoms with Crippen LogP contribution in [0.5, 0.6) is 0 Å². The molecule has 88 valence electrons. The predicted molar refractivity (Wildman–Crippen MR) is 66.2 cm³/mol. The van der Waals surface area contributed by atoms with Crippen molar-refractivity contribution in [3.05, 3.63) is 48.8 Å². The monoisotopic (exact) mass is 239 g/mol. The average Bonchev–Trinajstić information content (AvgIpc) is 2.84. The highest BCUT2D eigenvalue weighted by Crippen LogP contribution is 2.11. The van der Waals surface area contributed by atoms with Crippen molar-refractivity contribution in [1.82, 2.24) is 20.0 Å². The van der Waals surface area contributed by atoms with E-state index in [4.69, 9.17) is 0 Å². The second kappa shape index (κ2) is 4.25. The normalized spacial score (nSPS) is 10.4. The number of para-hydroxylation sites is 1. The Labute approximate surface area is 102 Å². The Kier molecular flexibility index (Phi) is 2.45. The molecule has 0 atom stereocenters. The number of anilines is 1. The molecule has 3 aromatic rings. The Balaban J connectivity index is 1.93. The number of hydrogen-bond donors (Lipinski definition) is 1. The Bertz CT molecular complexity index is 692. The second-order valence-electron chi connectivity index (χ2n) is 3.66. The minimum Gasteiger partial charge on any atom is -0.304 e. The van der Waals surface area contributed by atoms with E-state index in [1.54, 1.807) is 36.7 Å². The number of aromatic nitrogens is 4. The van der Waals surface area contributed by atoms with Crippen molar-refractivity contribution < 1.29 is 4.79 Å². The maximum Gasteiger partial charge on any atom is 0.348 e. The summed E-state index contributed by atoms with van der Waals surface area (Å²) >= 11 is 0. The Morgan fingerprint density at radius 3 is 2.89 bits per heavy atom. The van der Waals surface area contributed by atoms with Crippen LogP contribution in [0, 0.1) is 0 Å². The van der Waals surface area contributed by atoms with Gasteiger partial charge in [-0.3, -0.25) is 4.98 Å². The maximum atomic E-state index is 12.0. The molecule has 2 aromatic heterocycles. The van der Waals surface area contributed by atoms with Gasteiger partial charge >= 0.3 is 6.03 Å². The second-order valence-corrected chi connectivity index (χ2v) is 3.66. The van der Waals surface area contributed by atoms with Crippen molar-refractivity contribution >= 4 is 22.8 Å². The summed E-state index contributed by atoms with van der Waals surface area (Å²) < 4.78 is 1.22. The fraction of sp³-hybridized carbons (Fsp3) is 0. The predicted octanol–water partition coefficient (Wildman–Crippen LogP) is 1.91. The molecule has 1 amide bonds. The zero-order chi connectivity index (χ0) is 12.4. The van der Waals surface area contributed by atoms with Crippen LogP contribution in [0.15, 0.2) is 48.8 Å². The molecular formula is C12H9N5O. The number of hydrogen-bond acceptors (Lipinski definition) is 4. The summed E-state index contributed by atoms with van der Waals surface area (Å²) in [6.07, 6.45) is 3.21. The van der Waals surface area contributed by atoms with E-state index in [1.807, 2.05) is 12.1 Å². The Morgan fingerprint density at radius 1 is 1.17 bits per heavy atom. The summed E-state index contributed by atoms with van der Waals surface area (Å²) in [5, 5.41) is 10.4. The quantitative estimate of drug-likeness (QED) is 0.704. The average molecular weight is 239 g/mol. The number of nitrogens with zero attached hydrogens (tertiary/aromatic N) is 4. The number of nitrogens with one attached hydrogen (secondary N) is 1. The van der Waals surface area contributed by atoms with Gasteiger partial charge in [0.1, 0.15) is 5.52 Å². The molecule has 6 heteroatoms. The number of fused-ring (bicyclic) bond motifs is 1. The number of rotatable bonds is 1. The van der Waals surface area contributed by atoms with Gasteiger partial charge in [-0.1, -0.05) is 17.3 Å². The van der Waals surface area contributed by atoms with Crippen LogP contribution in [0.2, 0.25) is 0 Å². The summed E-state index contributed by atoms with van der Waals surface area (Å²) in [6, 6.07) is 10.4. The number of carbonyl (C=O) groups excluding carboxylic acids is 1. The molecule has 6 nitrogen and oxygen atoms in total. The van der Waals surface area contributed by atoms with Crippen molar-refractivity contribution in [3.8, 4) is 0 Å². The van der Waals surface area contributed by atoms with Gasteiger partial charge < -0.3 is 5.32 Å². The van der Waals surface area contributed by atoms with Gasteiger partial charge in [-0.05, 0) is 24.3 Å². The number of benzene rings is 1. The van der Waals surface area contributed by atoms with E-state index in [-0.39, 0.29) is 6.03 Å². The molecule has 2 heterocycles. The molecule has 0 saturated heterocycles. The van der Waals surface area contributed by atoms with Crippen LogP contribution in [-0.2, 0) is 0 Å². The molecule has 1 aromatic carbocycles. The number of carbonyl (C=O) groups is 1. The lowest BCUT2D eigenvalue weighted by Gasteiger charge is -2.03. The van der Waals surface area contributed by atoms with Gasteiger partial charge in [-0.2, -0.15) is 4.68 Å². The van der Waals surface area contributed by atoms with E-state index < -0.39 is 0 Å². The zero-order valence-corrected chi connectivity index (χ0v) is 9.32. The summed E-state index contributed by atoms with van der Waals surface area (Å²) in [5.74, 6) is 0. The molecule has 0 unspecified atom stereocenters. The highest BCUT2D eigenvalue weighted by Gasteiger charge is 2.11. The minimum absolute atomic E-state index is 0.364. The first kappa shape index (κ1) is 10.4. The highest BCUT2D eigenvalue weighted by atomic mass is 16.2. The number of pyridine rings is 1. The van der Waals surface area contributed by atoms with Gasteiger partial charge in [-0.15, -0.1) is 5.10 Å². The third kappa shape index (κ3) is 1.80. The number of amides is 1. The van der Waals surface area contributed by atoms with Gasteiger partial charge in [0.05, 0.1) is 17.4 Å². The first-order chi connectivity index (χ1) is 8.84. The van der Waals surface area contributed by atoms with Crippen molar-refractivity contribution in [2.24, 2.45) is 0 Å². The van der Waals surface area contributed by atoms with Crippen molar-refractivity contribution in [2.75, 3.05) is 5.32 Å². The van der Waals surface area contributed by atoms with Crippen LogP contribution in [0.3, 0.4) is 0 Å². The van der Waals surface area contributed by atoms with Crippen molar-refractivity contribution in [2.45, 2.75) is 0 Å². The molecule has 0 saturated carbocycles. The molecule has 0 aliphatic rings. The van der Waals surface area contributed by atoms with E-state index in [1.165, 1.54) is 4.68 Å². The third-order valence-electron chi connectivity index (χ3n) is 2.46. The highest BCUT2D eigenvalue weighted by molar-refractivity contribution is 5.95. The van der Waals surface area contributed by atoms with Gasteiger partial charge in [0.15, 0.2) is 0 Å². The lowest BCUT2D eigenvalue weighted by atomic mass is 10.3. The topological polar surface area (TPSA) is 72.7 Å². The van der Waals surface area contributed by atoms with E-state index in [0.29, 0.717) is 16.7 Å². The molecule has 0 aliphatic heterocycles. The summed E-state index contributed by atoms with van der Waals surface area (Å²) in [5.41, 5.74) is 1.96. The van der Waals surface area contributed by atoms with Crippen molar-refractivity contribution in [3.63, 3.8) is 0 Å². The standard InChI is InChI=1S/C12H9N5O/c18-12(14-9-4-3-7-13-8-9)17-11-6-2-1-5-10(11)15-16-17/h1-8H,(H,14,18). The van der Waals surface area contributed by atoms with Crippen LogP contribution in [0.25, 0.3) is 11.0 Å². The van der Waals surface area contributed by atoms with E-state index in [9.17, 15) is 4.79 Å². The third-order valence-corrected chi connectivity index (χ3v) is 2.46. The molecule has 0 aliphatic carbocycles.